The number of nitrogens with zero attached hydrogens (tertiary/aromatic N) is 2. The van der Waals surface area contributed by atoms with Gasteiger partial charge in [0.05, 0.1) is 9.82 Å². The van der Waals surface area contributed by atoms with Crippen LogP contribution in [0.5, 0.6) is 0 Å². The summed E-state index contributed by atoms with van der Waals surface area (Å²) in [6.45, 7) is 3.49. The van der Waals surface area contributed by atoms with Crippen LogP contribution in [0.1, 0.15) is 24.1 Å². The highest BCUT2D eigenvalue weighted by Gasteiger charge is 2.15. The predicted molar refractivity (Wildman–Crippen MR) is 90.4 cm³/mol. The van der Waals surface area contributed by atoms with Gasteiger partial charge in [-0.25, -0.2) is 18.1 Å². The van der Waals surface area contributed by atoms with Crippen molar-refractivity contribution in [3.8, 4) is 0 Å². The van der Waals surface area contributed by atoms with E-state index < -0.39 is 14.9 Å². The van der Waals surface area contributed by atoms with Crippen molar-refractivity contribution in [1.29, 1.82) is 0 Å². The van der Waals surface area contributed by atoms with Crippen molar-refractivity contribution in [1.82, 2.24) is 9.71 Å². The molecule has 0 radical (unpaired) electrons. The van der Waals surface area contributed by atoms with Gasteiger partial charge in [0.2, 0.25) is 10.0 Å². The Bertz CT molecular complexity index is 868. The SMILES string of the molecule is CNS(=O)(=O)c1cccc(C(C)Nc2cc(C)c([N+](=O)[O-])cn2)c1. The molecule has 9 heteroatoms. The van der Waals surface area contributed by atoms with Crippen LogP contribution in [0.15, 0.2) is 41.4 Å². The summed E-state index contributed by atoms with van der Waals surface area (Å²) < 4.78 is 26.0. The largest absolute Gasteiger partial charge is 0.364 e. The Morgan fingerprint density at radius 1 is 1.29 bits per heavy atom. The lowest BCUT2D eigenvalue weighted by Gasteiger charge is -2.16. The van der Waals surface area contributed by atoms with Gasteiger partial charge in [0.25, 0.3) is 5.69 Å². The zero-order valence-corrected chi connectivity index (χ0v) is 14.3. The fourth-order valence-electron chi connectivity index (χ4n) is 2.19. The van der Waals surface area contributed by atoms with E-state index in [1.54, 1.807) is 31.2 Å². The van der Waals surface area contributed by atoms with Gasteiger partial charge in [-0.05, 0) is 44.7 Å². The van der Waals surface area contributed by atoms with Crippen LogP contribution in [0.4, 0.5) is 11.5 Å². The second-order valence-electron chi connectivity index (χ2n) is 5.26. The van der Waals surface area contributed by atoms with E-state index in [1.165, 1.54) is 19.3 Å². The van der Waals surface area contributed by atoms with Crippen LogP contribution in [-0.4, -0.2) is 25.4 Å². The average Bonchev–Trinajstić information content (AvgIpc) is 2.54. The van der Waals surface area contributed by atoms with Crippen molar-refractivity contribution >= 4 is 21.5 Å². The average molecular weight is 350 g/mol. The number of hydrogen-bond donors (Lipinski definition) is 2. The van der Waals surface area contributed by atoms with Crippen LogP contribution < -0.4 is 10.0 Å². The Balaban J connectivity index is 2.24. The number of hydrogen-bond acceptors (Lipinski definition) is 6. The normalized spacial score (nSPS) is 12.6. The Morgan fingerprint density at radius 2 is 2.00 bits per heavy atom. The van der Waals surface area contributed by atoms with E-state index in [0.717, 1.165) is 5.56 Å². The first-order chi connectivity index (χ1) is 11.2. The molecule has 1 atom stereocenters. The zero-order chi connectivity index (χ0) is 17.9. The molecule has 128 valence electrons. The molecule has 0 fully saturated rings. The lowest BCUT2D eigenvalue weighted by Crippen LogP contribution is -2.19. The zero-order valence-electron chi connectivity index (χ0n) is 13.5. The number of nitro groups is 1. The molecule has 24 heavy (non-hydrogen) atoms. The standard InChI is InChI=1S/C15H18N4O4S/c1-10-7-15(17-9-14(10)19(20)21)18-11(2)12-5-4-6-13(8-12)24(22,23)16-3/h4-9,11,16H,1-3H3,(H,17,18). The molecule has 0 saturated heterocycles. The molecule has 2 rings (SSSR count). The lowest BCUT2D eigenvalue weighted by molar-refractivity contribution is -0.385. The van der Waals surface area contributed by atoms with Gasteiger partial charge in [0.15, 0.2) is 0 Å². The minimum Gasteiger partial charge on any atom is -0.364 e. The first-order valence-electron chi connectivity index (χ1n) is 7.15. The lowest BCUT2D eigenvalue weighted by atomic mass is 10.1. The number of benzene rings is 1. The molecule has 0 aliphatic heterocycles. The van der Waals surface area contributed by atoms with Gasteiger partial charge in [-0.3, -0.25) is 10.1 Å². The highest BCUT2D eigenvalue weighted by molar-refractivity contribution is 7.89. The summed E-state index contributed by atoms with van der Waals surface area (Å²) in [5, 5.41) is 13.9. The molecular formula is C15H18N4O4S. The number of sulfonamides is 1. The van der Waals surface area contributed by atoms with Crippen LogP contribution in [0, 0.1) is 17.0 Å². The third kappa shape index (κ3) is 3.87. The Morgan fingerprint density at radius 3 is 2.58 bits per heavy atom. The van der Waals surface area contributed by atoms with Crippen molar-refractivity contribution in [2.45, 2.75) is 24.8 Å². The molecule has 2 aromatic rings. The van der Waals surface area contributed by atoms with Crippen LogP contribution >= 0.6 is 0 Å². The van der Waals surface area contributed by atoms with Gasteiger partial charge < -0.3 is 5.32 Å². The molecular weight excluding hydrogens is 332 g/mol. The highest BCUT2D eigenvalue weighted by Crippen LogP contribution is 2.24. The van der Waals surface area contributed by atoms with Gasteiger partial charge >= 0.3 is 0 Å². The maximum Gasteiger partial charge on any atom is 0.290 e. The first-order valence-corrected chi connectivity index (χ1v) is 8.64. The molecule has 0 amide bonds. The second kappa shape index (κ2) is 6.93. The monoisotopic (exact) mass is 350 g/mol. The third-order valence-corrected chi connectivity index (χ3v) is 4.99. The summed E-state index contributed by atoms with van der Waals surface area (Å²) in [6, 6.07) is 7.89. The van der Waals surface area contributed by atoms with Crippen LogP contribution in [-0.2, 0) is 10.0 Å². The number of pyridine rings is 1. The van der Waals surface area contributed by atoms with Crippen molar-refractivity contribution in [2.24, 2.45) is 0 Å². The van der Waals surface area contributed by atoms with E-state index in [0.29, 0.717) is 11.4 Å². The molecule has 2 N–H and O–H groups in total. The molecule has 1 aromatic heterocycles. The fraction of sp³-hybridized carbons (Fsp3) is 0.267. The van der Waals surface area contributed by atoms with E-state index in [9.17, 15) is 18.5 Å². The third-order valence-electron chi connectivity index (χ3n) is 3.58. The molecule has 0 aliphatic rings. The number of nitrogens with one attached hydrogen (secondary N) is 2. The van der Waals surface area contributed by atoms with Crippen LogP contribution in [0.2, 0.25) is 0 Å². The van der Waals surface area contributed by atoms with E-state index in [2.05, 4.69) is 15.0 Å². The van der Waals surface area contributed by atoms with Crippen molar-refractivity contribution in [3.63, 3.8) is 0 Å². The smallest absolute Gasteiger partial charge is 0.290 e. The van der Waals surface area contributed by atoms with Crippen molar-refractivity contribution in [3.05, 3.63) is 57.8 Å². The Kier molecular flexibility index (Phi) is 5.15. The number of rotatable bonds is 6. The highest BCUT2D eigenvalue weighted by atomic mass is 32.2. The minimum absolute atomic E-state index is 0.0460. The summed E-state index contributed by atoms with van der Waals surface area (Å²) >= 11 is 0. The quantitative estimate of drug-likeness (QED) is 0.611. The first kappa shape index (κ1) is 17.8. The molecule has 1 unspecified atom stereocenters. The summed E-state index contributed by atoms with van der Waals surface area (Å²) in [7, 11) is -2.16. The minimum atomic E-state index is -3.52. The summed E-state index contributed by atoms with van der Waals surface area (Å²) in [4.78, 5) is 14.5. The molecule has 1 heterocycles. The predicted octanol–water partition coefficient (Wildman–Crippen LogP) is 2.38. The Labute approximate surface area is 140 Å². The van der Waals surface area contributed by atoms with Gasteiger partial charge in [-0.1, -0.05) is 12.1 Å². The number of anilines is 1. The van der Waals surface area contributed by atoms with Crippen molar-refractivity contribution < 1.29 is 13.3 Å². The molecule has 0 spiro atoms. The van der Waals surface area contributed by atoms with Gasteiger partial charge in [-0.15, -0.1) is 0 Å². The van der Waals surface area contributed by atoms with Gasteiger partial charge in [0.1, 0.15) is 12.0 Å². The summed E-state index contributed by atoms with van der Waals surface area (Å²) in [6.07, 6.45) is 1.20. The van der Waals surface area contributed by atoms with Crippen LogP contribution in [0.25, 0.3) is 0 Å². The second-order valence-corrected chi connectivity index (χ2v) is 7.15. The van der Waals surface area contributed by atoms with E-state index in [1.807, 2.05) is 6.92 Å². The van der Waals surface area contributed by atoms with E-state index in [4.69, 9.17) is 0 Å². The molecule has 0 aliphatic carbocycles. The van der Waals surface area contributed by atoms with Crippen LogP contribution in [0.3, 0.4) is 0 Å². The Hall–Kier alpha value is -2.52. The van der Waals surface area contributed by atoms with E-state index >= 15 is 0 Å². The molecule has 0 saturated carbocycles. The molecule has 1 aromatic carbocycles. The van der Waals surface area contributed by atoms with E-state index in [-0.39, 0.29) is 16.6 Å². The maximum absolute atomic E-state index is 11.9. The number of aryl methyl sites for hydroxylation is 1. The van der Waals surface area contributed by atoms with Gasteiger partial charge in [0, 0.05) is 11.6 Å². The van der Waals surface area contributed by atoms with Crippen molar-refractivity contribution in [2.75, 3.05) is 12.4 Å². The summed E-state index contributed by atoms with van der Waals surface area (Å²) in [5.41, 5.74) is 1.20. The summed E-state index contributed by atoms with van der Waals surface area (Å²) in [5.74, 6) is 0.479. The van der Waals surface area contributed by atoms with Gasteiger partial charge in [-0.2, -0.15) is 0 Å². The number of aromatic nitrogens is 1. The topological polar surface area (TPSA) is 114 Å². The fourth-order valence-corrected chi connectivity index (χ4v) is 2.98. The molecule has 0 bridgehead atoms. The molecule has 8 nitrogen and oxygen atoms in total. The maximum atomic E-state index is 11.9.